The van der Waals surface area contributed by atoms with Gasteiger partial charge in [0.1, 0.15) is 12.4 Å². The van der Waals surface area contributed by atoms with Crippen molar-refractivity contribution < 1.29 is 13.9 Å². The van der Waals surface area contributed by atoms with Gasteiger partial charge in [0, 0.05) is 23.2 Å². The molecule has 166 valence electrons. The summed E-state index contributed by atoms with van der Waals surface area (Å²) in [5.41, 5.74) is 4.51. The molecular weight excluding hydrogens is 415 g/mol. The molecule has 0 bridgehead atoms. The highest BCUT2D eigenvalue weighted by atomic mass is 19.1. The van der Waals surface area contributed by atoms with E-state index in [0.29, 0.717) is 24.7 Å². The van der Waals surface area contributed by atoms with Gasteiger partial charge in [-0.1, -0.05) is 36.4 Å². The topological polar surface area (TPSA) is 42.8 Å². The first-order valence-electron chi connectivity index (χ1n) is 10.8. The predicted molar refractivity (Wildman–Crippen MR) is 132 cm³/mol. The molecule has 4 aromatic rings. The van der Waals surface area contributed by atoms with Crippen LogP contribution in [0, 0.1) is 5.82 Å². The van der Waals surface area contributed by atoms with Crippen molar-refractivity contribution in [1.29, 1.82) is 0 Å². The second kappa shape index (κ2) is 11.0. The van der Waals surface area contributed by atoms with Crippen molar-refractivity contribution >= 4 is 23.3 Å². The van der Waals surface area contributed by atoms with Crippen molar-refractivity contribution in [1.82, 2.24) is 0 Å². The lowest BCUT2D eigenvalue weighted by Gasteiger charge is -2.14. The smallest absolute Gasteiger partial charge is 0.170 e. The summed E-state index contributed by atoms with van der Waals surface area (Å²) in [5, 5.41) is 3.36. The molecule has 4 nitrogen and oxygen atoms in total. The first-order chi connectivity index (χ1) is 16.2. The lowest BCUT2D eigenvalue weighted by Crippen LogP contribution is -2.02. The van der Waals surface area contributed by atoms with Crippen molar-refractivity contribution in [2.45, 2.75) is 13.5 Å². The number of hydrogen-bond acceptors (Lipinski definition) is 4. The van der Waals surface area contributed by atoms with E-state index < -0.39 is 0 Å². The van der Waals surface area contributed by atoms with Crippen LogP contribution in [-0.2, 0) is 6.61 Å². The molecule has 4 aromatic carbocycles. The Labute approximate surface area is 193 Å². The summed E-state index contributed by atoms with van der Waals surface area (Å²) in [6.07, 6.45) is 1.77. The Kier molecular flexibility index (Phi) is 7.33. The first-order valence-corrected chi connectivity index (χ1v) is 10.8. The van der Waals surface area contributed by atoms with E-state index in [-0.39, 0.29) is 5.82 Å². The molecule has 0 fully saturated rings. The van der Waals surface area contributed by atoms with E-state index in [9.17, 15) is 4.39 Å². The van der Waals surface area contributed by atoms with Gasteiger partial charge in [0.2, 0.25) is 0 Å². The third-order valence-electron chi connectivity index (χ3n) is 4.89. The number of anilines is 2. The fourth-order valence-corrected chi connectivity index (χ4v) is 3.26. The molecular formula is C28H25FN2O2. The Balaban J connectivity index is 1.50. The van der Waals surface area contributed by atoms with Crippen molar-refractivity contribution in [2.75, 3.05) is 11.9 Å². The average Bonchev–Trinajstić information content (AvgIpc) is 2.85. The lowest BCUT2D eigenvalue weighted by molar-refractivity contribution is 0.269. The Morgan fingerprint density at radius 1 is 0.788 bits per heavy atom. The Hall–Kier alpha value is -4.12. The third kappa shape index (κ3) is 6.20. The average molecular weight is 441 g/mol. The first kappa shape index (κ1) is 22.1. The van der Waals surface area contributed by atoms with E-state index in [4.69, 9.17) is 9.47 Å². The van der Waals surface area contributed by atoms with Crippen LogP contribution in [-0.4, -0.2) is 12.8 Å². The number of ether oxygens (including phenoxy) is 2. The van der Waals surface area contributed by atoms with E-state index >= 15 is 0 Å². The van der Waals surface area contributed by atoms with Crippen molar-refractivity contribution in [2.24, 2.45) is 4.99 Å². The van der Waals surface area contributed by atoms with Crippen LogP contribution in [0.4, 0.5) is 21.5 Å². The molecule has 0 saturated heterocycles. The molecule has 0 aliphatic heterocycles. The van der Waals surface area contributed by atoms with Crippen LogP contribution in [0.2, 0.25) is 0 Å². The zero-order chi connectivity index (χ0) is 22.9. The van der Waals surface area contributed by atoms with E-state index in [1.54, 1.807) is 18.3 Å². The number of aliphatic imine (C=N–C) groups is 1. The summed E-state index contributed by atoms with van der Waals surface area (Å²) in [7, 11) is 0. The molecule has 0 heterocycles. The lowest BCUT2D eigenvalue weighted by atomic mass is 10.2. The summed E-state index contributed by atoms with van der Waals surface area (Å²) in [5.74, 6) is 0.979. The normalized spacial score (nSPS) is 10.8. The number of nitrogens with one attached hydrogen (secondary N) is 1. The van der Waals surface area contributed by atoms with Gasteiger partial charge in [0.15, 0.2) is 11.5 Å². The van der Waals surface area contributed by atoms with Gasteiger partial charge in [0.05, 0.1) is 12.3 Å². The van der Waals surface area contributed by atoms with Crippen LogP contribution in [0.1, 0.15) is 18.1 Å². The molecule has 0 spiro atoms. The maximum Gasteiger partial charge on any atom is 0.170 e. The zero-order valence-electron chi connectivity index (χ0n) is 18.4. The van der Waals surface area contributed by atoms with Gasteiger partial charge in [-0.05, 0) is 73.2 Å². The minimum absolute atomic E-state index is 0.272. The van der Waals surface area contributed by atoms with Crippen LogP contribution in [0.3, 0.4) is 0 Å². The largest absolute Gasteiger partial charge is 0.490 e. The molecule has 0 aliphatic carbocycles. The molecule has 1 N–H and O–H groups in total. The van der Waals surface area contributed by atoms with Crippen LogP contribution >= 0.6 is 0 Å². The molecule has 4 rings (SSSR count). The number of para-hydroxylation sites is 2. The second-order valence-corrected chi connectivity index (χ2v) is 7.32. The molecule has 0 aliphatic rings. The van der Waals surface area contributed by atoms with Crippen molar-refractivity contribution in [3.63, 3.8) is 0 Å². The molecule has 0 saturated carbocycles. The molecule has 33 heavy (non-hydrogen) atoms. The minimum Gasteiger partial charge on any atom is -0.490 e. The Bertz CT molecular complexity index is 1190. The van der Waals surface area contributed by atoms with Gasteiger partial charge >= 0.3 is 0 Å². The van der Waals surface area contributed by atoms with Crippen molar-refractivity contribution in [3.8, 4) is 11.5 Å². The molecule has 0 amide bonds. The molecule has 0 atom stereocenters. The van der Waals surface area contributed by atoms with E-state index in [1.807, 2.05) is 79.7 Å². The highest BCUT2D eigenvalue weighted by molar-refractivity contribution is 5.87. The number of nitrogens with zero attached hydrogens (tertiary/aromatic N) is 1. The third-order valence-corrected chi connectivity index (χ3v) is 4.89. The Morgan fingerprint density at radius 2 is 1.52 bits per heavy atom. The fraction of sp³-hybridized carbons (Fsp3) is 0.107. The van der Waals surface area contributed by atoms with Crippen LogP contribution in [0.25, 0.3) is 0 Å². The van der Waals surface area contributed by atoms with Crippen LogP contribution < -0.4 is 14.8 Å². The number of halogens is 1. The minimum atomic E-state index is -0.272. The molecule has 0 aromatic heterocycles. The molecule has 0 unspecified atom stereocenters. The van der Waals surface area contributed by atoms with Crippen LogP contribution in [0.5, 0.6) is 11.5 Å². The van der Waals surface area contributed by atoms with Gasteiger partial charge in [-0.3, -0.25) is 4.99 Å². The number of benzene rings is 4. The molecule has 0 radical (unpaired) electrons. The second-order valence-electron chi connectivity index (χ2n) is 7.32. The summed E-state index contributed by atoms with van der Waals surface area (Å²) in [6, 6.07) is 29.8. The maximum absolute atomic E-state index is 13.2. The highest BCUT2D eigenvalue weighted by Gasteiger charge is 2.10. The highest BCUT2D eigenvalue weighted by Crippen LogP contribution is 2.32. The quantitative estimate of drug-likeness (QED) is 0.278. The van der Waals surface area contributed by atoms with Gasteiger partial charge in [-0.25, -0.2) is 4.39 Å². The summed E-state index contributed by atoms with van der Waals surface area (Å²) in [6.45, 7) is 2.74. The van der Waals surface area contributed by atoms with E-state index in [2.05, 4.69) is 10.3 Å². The standard InChI is InChI=1S/C28H25FN2O2/c1-2-32-27-10-6-7-22(28(27)33-20-21-11-13-23(29)14-12-21)19-30-24-15-17-26(18-16-24)31-25-8-4-3-5-9-25/h3-19,31H,2,20H2,1H3. The van der Waals surface area contributed by atoms with E-state index in [0.717, 1.165) is 28.2 Å². The monoisotopic (exact) mass is 440 g/mol. The fourth-order valence-electron chi connectivity index (χ4n) is 3.26. The number of rotatable bonds is 9. The van der Waals surface area contributed by atoms with Gasteiger partial charge in [0.25, 0.3) is 0 Å². The van der Waals surface area contributed by atoms with Gasteiger partial charge in [-0.2, -0.15) is 0 Å². The van der Waals surface area contributed by atoms with Crippen molar-refractivity contribution in [3.05, 3.63) is 114 Å². The summed E-state index contributed by atoms with van der Waals surface area (Å²) >= 11 is 0. The summed E-state index contributed by atoms with van der Waals surface area (Å²) in [4.78, 5) is 4.62. The van der Waals surface area contributed by atoms with Gasteiger partial charge < -0.3 is 14.8 Å². The number of hydrogen-bond donors (Lipinski definition) is 1. The van der Waals surface area contributed by atoms with Crippen LogP contribution in [0.15, 0.2) is 102 Å². The Morgan fingerprint density at radius 3 is 2.24 bits per heavy atom. The van der Waals surface area contributed by atoms with Gasteiger partial charge in [-0.15, -0.1) is 0 Å². The SMILES string of the molecule is CCOc1cccc(C=Nc2ccc(Nc3ccccc3)cc2)c1OCc1ccc(F)cc1. The maximum atomic E-state index is 13.2. The van der Waals surface area contributed by atoms with E-state index in [1.165, 1.54) is 12.1 Å². The summed E-state index contributed by atoms with van der Waals surface area (Å²) < 4.78 is 25.0. The zero-order valence-corrected chi connectivity index (χ0v) is 18.4. The molecule has 5 heteroatoms. The predicted octanol–water partition coefficient (Wildman–Crippen LogP) is 7.30.